The van der Waals surface area contributed by atoms with Gasteiger partial charge in [-0.05, 0) is 44.6 Å². The molecule has 2 unspecified atom stereocenters. The summed E-state index contributed by atoms with van der Waals surface area (Å²) < 4.78 is 16.3. The van der Waals surface area contributed by atoms with E-state index in [-0.39, 0.29) is 35.2 Å². The van der Waals surface area contributed by atoms with Gasteiger partial charge in [-0.2, -0.15) is 15.0 Å². The number of hydrogen-bond donors (Lipinski definition) is 4. The van der Waals surface area contributed by atoms with Crippen LogP contribution in [-0.4, -0.2) is 56.9 Å². The molecule has 0 spiro atoms. The van der Waals surface area contributed by atoms with Gasteiger partial charge in [-0.3, -0.25) is 9.59 Å². The van der Waals surface area contributed by atoms with Gasteiger partial charge in [-0.15, -0.1) is 0 Å². The third-order valence-electron chi connectivity index (χ3n) is 7.75. The molecule has 0 saturated heterocycles. The number of fused-ring (bicyclic) bond motifs is 1. The smallest absolute Gasteiger partial charge is 0.255 e. The lowest BCUT2D eigenvalue weighted by molar-refractivity contribution is -0.125. The standard InChI is InChI=1S/C27H32FN9O2/c1-31-26(38)15-6-8-18(9-7-15)34-27(39)19-14-32-23(11-22(19)35-21-5-3-2-4-20(21)28)37-25-17(13-33-37)10-16(12-29)24(30)36-25/h10-11,13-15,18,20-21H,2-9H2,1H3,(H2,30,36)(H,31,38)(H,32,35)(H,34,39). The highest BCUT2D eigenvalue weighted by atomic mass is 19.1. The van der Waals surface area contributed by atoms with E-state index >= 15 is 0 Å². The monoisotopic (exact) mass is 533 g/mol. The van der Waals surface area contributed by atoms with Crippen LogP contribution in [0.1, 0.15) is 67.3 Å². The second-order valence-corrected chi connectivity index (χ2v) is 10.3. The van der Waals surface area contributed by atoms with Gasteiger partial charge in [0.2, 0.25) is 5.91 Å². The number of pyridine rings is 2. The van der Waals surface area contributed by atoms with Crippen molar-refractivity contribution in [3.63, 3.8) is 0 Å². The number of nitriles is 1. The molecule has 2 amide bonds. The maximum absolute atomic E-state index is 14.8. The molecule has 2 atom stereocenters. The largest absolute Gasteiger partial charge is 0.383 e. The van der Waals surface area contributed by atoms with Crippen molar-refractivity contribution in [3.05, 3.63) is 35.7 Å². The summed E-state index contributed by atoms with van der Waals surface area (Å²) >= 11 is 0. The van der Waals surface area contributed by atoms with E-state index in [1.807, 2.05) is 6.07 Å². The van der Waals surface area contributed by atoms with E-state index in [4.69, 9.17) is 5.73 Å². The molecule has 2 saturated carbocycles. The van der Waals surface area contributed by atoms with Gasteiger partial charge in [0.15, 0.2) is 11.5 Å². The summed E-state index contributed by atoms with van der Waals surface area (Å²) in [6, 6.07) is 4.80. The summed E-state index contributed by atoms with van der Waals surface area (Å²) in [5.74, 6) is 0.139. The van der Waals surface area contributed by atoms with E-state index in [1.54, 1.807) is 25.4 Å². The van der Waals surface area contributed by atoms with Crippen LogP contribution in [0.4, 0.5) is 15.9 Å². The van der Waals surface area contributed by atoms with Gasteiger partial charge in [0.05, 0.1) is 29.1 Å². The second kappa shape index (κ2) is 11.2. The molecule has 39 heavy (non-hydrogen) atoms. The van der Waals surface area contributed by atoms with Gasteiger partial charge in [0.25, 0.3) is 5.91 Å². The number of carbonyl (C=O) groups is 2. The van der Waals surface area contributed by atoms with Crippen LogP contribution in [0.2, 0.25) is 0 Å². The highest BCUT2D eigenvalue weighted by Crippen LogP contribution is 2.29. The minimum Gasteiger partial charge on any atom is -0.383 e. The van der Waals surface area contributed by atoms with Crippen molar-refractivity contribution >= 4 is 34.4 Å². The van der Waals surface area contributed by atoms with Crippen molar-refractivity contribution in [3.8, 4) is 11.9 Å². The fraction of sp³-hybridized carbons (Fsp3) is 0.481. The molecule has 11 nitrogen and oxygen atoms in total. The lowest BCUT2D eigenvalue weighted by Gasteiger charge is -2.30. The fourth-order valence-electron chi connectivity index (χ4n) is 5.51. The quantitative estimate of drug-likeness (QED) is 0.376. The number of nitrogens with one attached hydrogen (secondary N) is 3. The van der Waals surface area contributed by atoms with Crippen molar-refractivity contribution in [2.24, 2.45) is 5.92 Å². The van der Waals surface area contributed by atoms with E-state index < -0.39 is 12.2 Å². The van der Waals surface area contributed by atoms with Crippen LogP contribution in [0.15, 0.2) is 24.5 Å². The van der Waals surface area contributed by atoms with Crippen LogP contribution < -0.4 is 21.7 Å². The second-order valence-electron chi connectivity index (χ2n) is 10.3. The molecular weight excluding hydrogens is 501 g/mol. The molecule has 0 bridgehead atoms. The minimum atomic E-state index is -1.03. The first kappa shape index (κ1) is 26.3. The zero-order valence-corrected chi connectivity index (χ0v) is 21.8. The molecule has 5 rings (SSSR count). The number of nitrogens with zero attached hydrogens (tertiary/aromatic N) is 5. The Morgan fingerprint density at radius 3 is 2.62 bits per heavy atom. The van der Waals surface area contributed by atoms with Gasteiger partial charge >= 0.3 is 0 Å². The number of alkyl halides is 1. The summed E-state index contributed by atoms with van der Waals surface area (Å²) in [6.07, 6.45) is 7.67. The summed E-state index contributed by atoms with van der Waals surface area (Å²) in [6.45, 7) is 0. The zero-order chi connectivity index (χ0) is 27.5. The van der Waals surface area contributed by atoms with E-state index in [2.05, 4.69) is 31.0 Å². The topological polar surface area (TPSA) is 164 Å². The lowest BCUT2D eigenvalue weighted by atomic mass is 9.85. The first-order valence-corrected chi connectivity index (χ1v) is 13.4. The van der Waals surface area contributed by atoms with Crippen LogP contribution in [-0.2, 0) is 4.79 Å². The third kappa shape index (κ3) is 5.48. The summed E-state index contributed by atoms with van der Waals surface area (Å²) in [5.41, 5.74) is 7.36. The summed E-state index contributed by atoms with van der Waals surface area (Å²) in [5, 5.41) is 23.3. The van der Waals surface area contributed by atoms with Crippen molar-refractivity contribution < 1.29 is 14.0 Å². The first-order chi connectivity index (χ1) is 18.9. The Labute approximate surface area is 225 Å². The number of nitrogen functional groups attached to an aromatic ring is 1. The molecule has 204 valence electrons. The highest BCUT2D eigenvalue weighted by molar-refractivity contribution is 6.00. The molecule has 0 aromatic carbocycles. The number of nitrogens with two attached hydrogens (primary N) is 1. The average molecular weight is 534 g/mol. The Morgan fingerprint density at radius 1 is 1.13 bits per heavy atom. The molecular formula is C27H32FN9O2. The molecule has 2 aliphatic carbocycles. The third-order valence-corrected chi connectivity index (χ3v) is 7.75. The predicted molar refractivity (Wildman–Crippen MR) is 144 cm³/mol. The Bertz CT molecular complexity index is 1420. The van der Waals surface area contributed by atoms with Gasteiger partial charge in [-0.1, -0.05) is 12.8 Å². The molecule has 3 aromatic heterocycles. The molecule has 3 heterocycles. The predicted octanol–water partition coefficient (Wildman–Crippen LogP) is 3.00. The molecule has 12 heteroatoms. The molecule has 0 aliphatic heterocycles. The number of anilines is 2. The Hall–Kier alpha value is -4.27. The van der Waals surface area contributed by atoms with Crippen LogP contribution in [0.3, 0.4) is 0 Å². The average Bonchev–Trinajstić information content (AvgIpc) is 3.36. The maximum atomic E-state index is 14.8. The van der Waals surface area contributed by atoms with Crippen LogP contribution in [0, 0.1) is 17.2 Å². The van der Waals surface area contributed by atoms with E-state index in [1.165, 1.54) is 10.9 Å². The minimum absolute atomic E-state index is 0.0329. The lowest BCUT2D eigenvalue weighted by Crippen LogP contribution is -2.41. The molecule has 3 aromatic rings. The Balaban J connectivity index is 1.43. The highest BCUT2D eigenvalue weighted by Gasteiger charge is 2.29. The first-order valence-electron chi connectivity index (χ1n) is 13.4. The molecule has 2 fully saturated rings. The molecule has 5 N–H and O–H groups in total. The molecule has 2 aliphatic rings. The normalized spacial score (nSPS) is 23.1. The van der Waals surface area contributed by atoms with Gasteiger partial charge < -0.3 is 21.7 Å². The van der Waals surface area contributed by atoms with Crippen molar-refractivity contribution in [1.82, 2.24) is 30.4 Å². The Morgan fingerprint density at radius 2 is 1.90 bits per heavy atom. The van der Waals surface area contributed by atoms with Gasteiger partial charge in [0.1, 0.15) is 18.1 Å². The number of rotatable bonds is 6. The Kier molecular flexibility index (Phi) is 7.58. The SMILES string of the molecule is CNC(=O)C1CCC(NC(=O)c2cnc(-n3ncc4cc(C#N)c(N)nc43)cc2NC2CCCCC2F)CC1. The van der Waals surface area contributed by atoms with E-state index in [9.17, 15) is 19.2 Å². The van der Waals surface area contributed by atoms with E-state index in [0.717, 1.165) is 12.8 Å². The number of carbonyl (C=O) groups excluding carboxylic acids is 2. The number of amides is 2. The number of hydrogen-bond acceptors (Lipinski definition) is 8. The zero-order valence-electron chi connectivity index (χ0n) is 21.8. The number of halogens is 1. The van der Waals surface area contributed by atoms with Crippen LogP contribution >= 0.6 is 0 Å². The van der Waals surface area contributed by atoms with Crippen LogP contribution in [0.25, 0.3) is 16.9 Å². The van der Waals surface area contributed by atoms with Gasteiger partial charge in [0, 0.05) is 36.7 Å². The van der Waals surface area contributed by atoms with Gasteiger partial charge in [-0.25, -0.2) is 14.4 Å². The number of aromatic nitrogens is 4. The van der Waals surface area contributed by atoms with Crippen molar-refractivity contribution in [2.75, 3.05) is 18.1 Å². The van der Waals surface area contributed by atoms with Crippen molar-refractivity contribution in [2.45, 2.75) is 69.6 Å². The summed E-state index contributed by atoms with van der Waals surface area (Å²) in [4.78, 5) is 34.2. The summed E-state index contributed by atoms with van der Waals surface area (Å²) in [7, 11) is 1.64. The molecule has 0 radical (unpaired) electrons. The van der Waals surface area contributed by atoms with Crippen LogP contribution in [0.5, 0.6) is 0 Å². The maximum Gasteiger partial charge on any atom is 0.255 e. The van der Waals surface area contributed by atoms with E-state index in [0.29, 0.717) is 66.6 Å². The van der Waals surface area contributed by atoms with Crippen molar-refractivity contribution in [1.29, 1.82) is 5.26 Å². The fourth-order valence-corrected chi connectivity index (χ4v) is 5.51.